The average Bonchev–Trinajstić information content (AvgIpc) is 3.12. The topological polar surface area (TPSA) is 102 Å². The van der Waals surface area contributed by atoms with E-state index in [9.17, 15) is 14.0 Å². The molecule has 11 heteroatoms. The Labute approximate surface area is 156 Å². The predicted octanol–water partition coefficient (Wildman–Crippen LogP) is 2.88. The summed E-state index contributed by atoms with van der Waals surface area (Å²) in [5, 5.41) is 17.2. The number of halogens is 2. The maximum absolute atomic E-state index is 14.6. The number of nitrogens with one attached hydrogen (secondary N) is 2. The van der Waals surface area contributed by atoms with Crippen LogP contribution in [0.25, 0.3) is 0 Å². The van der Waals surface area contributed by atoms with E-state index in [0.717, 1.165) is 16.0 Å². The molecule has 2 heterocycles. The summed E-state index contributed by atoms with van der Waals surface area (Å²) in [4.78, 5) is 24.5. The Bertz CT molecular complexity index is 1000. The van der Waals surface area contributed by atoms with Gasteiger partial charge >= 0.3 is 0 Å². The van der Waals surface area contributed by atoms with E-state index in [-0.39, 0.29) is 21.5 Å². The third kappa shape index (κ3) is 3.55. The molecule has 0 saturated carbocycles. The molecule has 0 saturated heterocycles. The lowest BCUT2D eigenvalue weighted by Crippen LogP contribution is -2.16. The van der Waals surface area contributed by atoms with E-state index < -0.39 is 23.3 Å². The van der Waals surface area contributed by atoms with Gasteiger partial charge in [-0.05, 0) is 19.1 Å². The second-order valence-electron chi connectivity index (χ2n) is 5.15. The van der Waals surface area contributed by atoms with E-state index in [1.807, 2.05) is 0 Å². The number of aromatic nitrogens is 4. The number of anilines is 2. The largest absolute Gasteiger partial charge is 0.304 e. The molecule has 0 radical (unpaired) electrons. The zero-order valence-corrected chi connectivity index (χ0v) is 15.2. The van der Waals surface area contributed by atoms with E-state index >= 15 is 0 Å². The molecule has 134 valence electrons. The molecule has 2 N–H and O–H groups in total. The first-order chi connectivity index (χ1) is 12.4. The average molecular weight is 395 g/mol. The van der Waals surface area contributed by atoms with Gasteiger partial charge in [0.15, 0.2) is 17.3 Å². The van der Waals surface area contributed by atoms with E-state index in [4.69, 9.17) is 11.6 Å². The molecule has 0 bridgehead atoms. The first-order valence-electron chi connectivity index (χ1n) is 7.26. The lowest BCUT2D eigenvalue weighted by atomic mass is 10.2. The zero-order valence-electron chi connectivity index (χ0n) is 13.6. The molecule has 1 aromatic carbocycles. The fraction of sp³-hybridized carbons (Fsp3) is 0.133. The number of rotatable bonds is 4. The molecule has 0 spiro atoms. The number of hydrogen-bond donors (Lipinski definition) is 2. The molecular weight excluding hydrogens is 383 g/mol. The Morgan fingerprint density at radius 2 is 1.92 bits per heavy atom. The number of hydrogen-bond acceptors (Lipinski definition) is 6. The van der Waals surface area contributed by atoms with Gasteiger partial charge in [0, 0.05) is 7.05 Å². The molecule has 0 atom stereocenters. The predicted molar refractivity (Wildman–Crippen MR) is 95.2 cm³/mol. The first-order valence-corrected chi connectivity index (χ1v) is 8.46. The normalized spacial score (nSPS) is 10.6. The number of carbonyl (C=O) groups excluding carboxylic acids is 2. The van der Waals surface area contributed by atoms with Crippen LogP contribution in [0.2, 0.25) is 5.02 Å². The van der Waals surface area contributed by atoms with Gasteiger partial charge < -0.3 is 5.32 Å². The van der Waals surface area contributed by atoms with Gasteiger partial charge in [-0.1, -0.05) is 35.1 Å². The van der Waals surface area contributed by atoms with Crippen LogP contribution in [-0.2, 0) is 7.05 Å². The molecule has 0 unspecified atom stereocenters. The molecule has 2 aromatic heterocycles. The summed E-state index contributed by atoms with van der Waals surface area (Å²) in [6, 6.07) is 6.33. The standard InChI is InChI=1S/C15H12ClFN6O2S/c1-7-20-21-15(26-7)19-14(25)11-10(17)12(23(2)22-11)18-13(24)8-5-3-4-6-9(8)16/h3-6H,1-2H3,(H,18,24)(H,19,21,25). The summed E-state index contributed by atoms with van der Waals surface area (Å²) >= 11 is 7.10. The SMILES string of the molecule is Cc1nnc(NC(=O)c2nn(C)c(NC(=O)c3ccccc3Cl)c2F)s1. The van der Waals surface area contributed by atoms with Crippen LogP contribution in [0, 0.1) is 12.7 Å². The van der Waals surface area contributed by atoms with Gasteiger partial charge in [-0.25, -0.2) is 9.07 Å². The highest BCUT2D eigenvalue weighted by molar-refractivity contribution is 7.15. The second kappa shape index (κ2) is 7.18. The van der Waals surface area contributed by atoms with Crippen LogP contribution in [0.3, 0.4) is 0 Å². The van der Waals surface area contributed by atoms with Crippen molar-refractivity contribution in [3.63, 3.8) is 0 Å². The number of aryl methyl sites for hydroxylation is 2. The number of amides is 2. The molecule has 3 aromatic rings. The van der Waals surface area contributed by atoms with Gasteiger partial charge in [-0.2, -0.15) is 5.10 Å². The van der Waals surface area contributed by atoms with Crippen molar-refractivity contribution in [1.82, 2.24) is 20.0 Å². The number of benzene rings is 1. The van der Waals surface area contributed by atoms with Crippen LogP contribution < -0.4 is 10.6 Å². The van der Waals surface area contributed by atoms with Gasteiger partial charge in [0.2, 0.25) is 5.13 Å². The Morgan fingerprint density at radius 1 is 1.19 bits per heavy atom. The molecule has 8 nitrogen and oxygen atoms in total. The Kier molecular flexibility index (Phi) is 4.96. The van der Waals surface area contributed by atoms with Crippen LogP contribution in [0.5, 0.6) is 0 Å². The summed E-state index contributed by atoms with van der Waals surface area (Å²) in [7, 11) is 1.40. The van der Waals surface area contributed by atoms with Crippen LogP contribution >= 0.6 is 22.9 Å². The van der Waals surface area contributed by atoms with Crippen LogP contribution in [0.15, 0.2) is 24.3 Å². The quantitative estimate of drug-likeness (QED) is 0.708. The van der Waals surface area contributed by atoms with E-state index in [1.54, 1.807) is 25.1 Å². The molecule has 3 rings (SSSR count). The van der Waals surface area contributed by atoms with Crippen molar-refractivity contribution in [1.29, 1.82) is 0 Å². The summed E-state index contributed by atoms with van der Waals surface area (Å²) in [6.45, 7) is 1.72. The minimum atomic E-state index is -0.966. The summed E-state index contributed by atoms with van der Waals surface area (Å²) in [5.74, 6) is -2.64. The van der Waals surface area contributed by atoms with Crippen molar-refractivity contribution in [2.24, 2.45) is 7.05 Å². The van der Waals surface area contributed by atoms with Gasteiger partial charge in [0.05, 0.1) is 10.6 Å². The van der Waals surface area contributed by atoms with Crippen LogP contribution in [0.1, 0.15) is 25.9 Å². The third-order valence-electron chi connectivity index (χ3n) is 3.30. The highest BCUT2D eigenvalue weighted by atomic mass is 35.5. The van der Waals surface area contributed by atoms with Crippen molar-refractivity contribution in [2.75, 3.05) is 10.6 Å². The molecule has 0 fully saturated rings. The molecule has 0 aliphatic carbocycles. The number of carbonyl (C=O) groups is 2. The van der Waals surface area contributed by atoms with Crippen molar-refractivity contribution >= 4 is 45.7 Å². The van der Waals surface area contributed by atoms with Crippen LogP contribution in [0.4, 0.5) is 15.3 Å². The Hall–Kier alpha value is -2.85. The Balaban J connectivity index is 1.83. The van der Waals surface area contributed by atoms with Crippen molar-refractivity contribution in [3.8, 4) is 0 Å². The minimum Gasteiger partial charge on any atom is -0.304 e. The third-order valence-corrected chi connectivity index (χ3v) is 4.39. The van der Waals surface area contributed by atoms with E-state index in [0.29, 0.717) is 5.01 Å². The zero-order chi connectivity index (χ0) is 18.8. The lowest BCUT2D eigenvalue weighted by Gasteiger charge is -2.06. The minimum absolute atomic E-state index is 0.171. The van der Waals surface area contributed by atoms with Crippen molar-refractivity contribution in [3.05, 3.63) is 51.4 Å². The number of nitrogens with zero attached hydrogens (tertiary/aromatic N) is 4. The highest BCUT2D eigenvalue weighted by Gasteiger charge is 2.25. The van der Waals surface area contributed by atoms with Crippen LogP contribution in [-0.4, -0.2) is 31.8 Å². The fourth-order valence-corrected chi connectivity index (χ4v) is 2.91. The molecular formula is C15H12ClFN6O2S. The van der Waals surface area contributed by atoms with Crippen molar-refractivity contribution < 1.29 is 14.0 Å². The smallest absolute Gasteiger partial charge is 0.281 e. The van der Waals surface area contributed by atoms with E-state index in [2.05, 4.69) is 25.9 Å². The fourth-order valence-electron chi connectivity index (χ4n) is 2.10. The molecule has 0 aliphatic heterocycles. The van der Waals surface area contributed by atoms with E-state index in [1.165, 1.54) is 13.1 Å². The second-order valence-corrected chi connectivity index (χ2v) is 6.74. The van der Waals surface area contributed by atoms with Gasteiger partial charge in [0.1, 0.15) is 5.01 Å². The van der Waals surface area contributed by atoms with Crippen molar-refractivity contribution in [2.45, 2.75) is 6.92 Å². The molecule has 2 amide bonds. The van der Waals surface area contributed by atoms with Gasteiger partial charge in [-0.3, -0.25) is 14.9 Å². The maximum atomic E-state index is 14.6. The molecule has 0 aliphatic rings. The van der Waals surface area contributed by atoms with Gasteiger partial charge in [-0.15, -0.1) is 10.2 Å². The summed E-state index contributed by atoms with van der Waals surface area (Å²) in [5.41, 5.74) is -0.306. The van der Waals surface area contributed by atoms with Gasteiger partial charge in [0.25, 0.3) is 11.8 Å². The maximum Gasteiger partial charge on any atom is 0.281 e. The first kappa shape index (κ1) is 18.0. The summed E-state index contributed by atoms with van der Waals surface area (Å²) < 4.78 is 15.7. The lowest BCUT2D eigenvalue weighted by molar-refractivity contribution is 0.101. The molecule has 26 heavy (non-hydrogen) atoms. The monoisotopic (exact) mass is 394 g/mol. The summed E-state index contributed by atoms with van der Waals surface area (Å²) in [6.07, 6.45) is 0. The highest BCUT2D eigenvalue weighted by Crippen LogP contribution is 2.22. The Morgan fingerprint density at radius 3 is 2.58 bits per heavy atom.